The first kappa shape index (κ1) is 18.8. The second-order valence-corrected chi connectivity index (χ2v) is 7.71. The molecule has 0 bridgehead atoms. The van der Waals surface area contributed by atoms with Crippen molar-refractivity contribution in [3.8, 4) is 0 Å². The van der Waals surface area contributed by atoms with Crippen LogP contribution in [0.15, 0.2) is 4.52 Å². The molecule has 2 aliphatic rings. The first-order valence-corrected chi connectivity index (χ1v) is 9.32. The van der Waals surface area contributed by atoms with E-state index >= 15 is 0 Å². The van der Waals surface area contributed by atoms with Crippen LogP contribution in [-0.2, 0) is 19.7 Å². The third-order valence-electron chi connectivity index (χ3n) is 5.44. The van der Waals surface area contributed by atoms with Crippen LogP contribution in [0.3, 0.4) is 0 Å². The average molecular weight is 364 g/mol. The van der Waals surface area contributed by atoms with Gasteiger partial charge in [-0.1, -0.05) is 19.0 Å². The van der Waals surface area contributed by atoms with Crippen LogP contribution in [0.5, 0.6) is 0 Å². The highest BCUT2D eigenvalue weighted by Gasteiger charge is 2.58. The highest BCUT2D eigenvalue weighted by Crippen LogP contribution is 2.50. The lowest BCUT2D eigenvalue weighted by atomic mass is 9.80. The minimum atomic E-state index is -0.380. The topological polar surface area (TPSA) is 97.6 Å². The molecular weight excluding hydrogens is 336 g/mol. The van der Waals surface area contributed by atoms with Crippen LogP contribution in [-0.4, -0.2) is 59.2 Å². The smallest absolute Gasteiger partial charge is 0.246 e. The molecule has 1 N–H and O–H groups in total. The Labute approximate surface area is 153 Å². The van der Waals surface area contributed by atoms with Crippen LogP contribution in [0.4, 0.5) is 0 Å². The predicted molar refractivity (Wildman–Crippen MR) is 93.3 cm³/mol. The number of carbonyl (C=O) groups excluding carboxylic acids is 2. The van der Waals surface area contributed by atoms with E-state index in [1.807, 2.05) is 25.7 Å². The van der Waals surface area contributed by atoms with E-state index in [9.17, 15) is 9.59 Å². The number of aryl methyl sites for hydroxylation is 1. The van der Waals surface area contributed by atoms with E-state index in [1.54, 1.807) is 6.92 Å². The zero-order chi connectivity index (χ0) is 18.9. The van der Waals surface area contributed by atoms with Gasteiger partial charge in [0, 0.05) is 31.7 Å². The van der Waals surface area contributed by atoms with Gasteiger partial charge in [0.05, 0.1) is 5.41 Å². The lowest BCUT2D eigenvalue weighted by Crippen LogP contribution is -2.41. The Kier molecular flexibility index (Phi) is 5.32. The van der Waals surface area contributed by atoms with Gasteiger partial charge >= 0.3 is 0 Å². The van der Waals surface area contributed by atoms with Gasteiger partial charge in [-0.3, -0.25) is 9.59 Å². The van der Waals surface area contributed by atoms with Crippen LogP contribution in [0.25, 0.3) is 0 Å². The van der Waals surface area contributed by atoms with Crippen LogP contribution in [0.1, 0.15) is 45.3 Å². The Balaban J connectivity index is 1.78. The summed E-state index contributed by atoms with van der Waals surface area (Å²) in [4.78, 5) is 30.9. The standard InChI is InChI=1S/C18H28N4O4/c1-5-25-9-15(23)20-14-6-13-8-22(16(24)11(2)3)10-18(13,7-14)17-19-12(4)21-26-17/h11,13-14H,5-10H2,1-4H3,(H,20,23)/t13-,14+,18-/m0/s1. The molecule has 1 saturated heterocycles. The van der Waals surface area contributed by atoms with Gasteiger partial charge in [0.15, 0.2) is 5.82 Å². The van der Waals surface area contributed by atoms with Crippen LogP contribution < -0.4 is 5.32 Å². The van der Waals surface area contributed by atoms with Crippen molar-refractivity contribution >= 4 is 11.8 Å². The molecule has 1 aliphatic carbocycles. The average Bonchev–Trinajstić information content (AvgIpc) is 3.24. The number of nitrogens with one attached hydrogen (secondary N) is 1. The van der Waals surface area contributed by atoms with Crippen molar-refractivity contribution in [2.24, 2.45) is 11.8 Å². The Morgan fingerprint density at radius 3 is 2.85 bits per heavy atom. The summed E-state index contributed by atoms with van der Waals surface area (Å²) in [5.74, 6) is 1.36. The molecule has 26 heavy (non-hydrogen) atoms. The second kappa shape index (κ2) is 7.34. The molecule has 1 saturated carbocycles. The first-order valence-electron chi connectivity index (χ1n) is 9.32. The fourth-order valence-corrected chi connectivity index (χ4v) is 4.31. The quantitative estimate of drug-likeness (QED) is 0.810. The molecule has 2 fully saturated rings. The van der Waals surface area contributed by atoms with Crippen LogP contribution >= 0.6 is 0 Å². The molecule has 0 aromatic carbocycles. The van der Waals surface area contributed by atoms with Crippen molar-refractivity contribution in [2.45, 2.75) is 52.0 Å². The van der Waals surface area contributed by atoms with Crippen LogP contribution in [0.2, 0.25) is 0 Å². The Hall–Kier alpha value is -1.96. The van der Waals surface area contributed by atoms with Crippen molar-refractivity contribution in [1.82, 2.24) is 20.4 Å². The lowest BCUT2D eigenvalue weighted by Gasteiger charge is -2.26. The van der Waals surface area contributed by atoms with Gasteiger partial charge in [0.2, 0.25) is 17.7 Å². The van der Waals surface area contributed by atoms with Crippen molar-refractivity contribution in [1.29, 1.82) is 0 Å². The van der Waals surface area contributed by atoms with E-state index in [1.165, 1.54) is 0 Å². The van der Waals surface area contributed by atoms with Gasteiger partial charge in [0.1, 0.15) is 6.61 Å². The molecule has 1 aromatic rings. The van der Waals surface area contributed by atoms with Gasteiger partial charge in [-0.05, 0) is 32.6 Å². The zero-order valence-corrected chi connectivity index (χ0v) is 15.9. The number of fused-ring (bicyclic) bond motifs is 1. The van der Waals surface area contributed by atoms with Crippen molar-refractivity contribution in [2.75, 3.05) is 26.3 Å². The Bertz CT molecular complexity index is 674. The molecule has 0 spiro atoms. The maximum Gasteiger partial charge on any atom is 0.246 e. The highest BCUT2D eigenvalue weighted by atomic mass is 16.5. The fraction of sp³-hybridized carbons (Fsp3) is 0.778. The molecule has 1 aromatic heterocycles. The van der Waals surface area contributed by atoms with Gasteiger partial charge < -0.3 is 19.5 Å². The molecule has 3 atom stereocenters. The summed E-state index contributed by atoms with van der Waals surface area (Å²) in [6.45, 7) is 9.29. The summed E-state index contributed by atoms with van der Waals surface area (Å²) in [7, 11) is 0. The number of aromatic nitrogens is 2. The summed E-state index contributed by atoms with van der Waals surface area (Å²) in [5.41, 5.74) is -0.380. The molecule has 2 amide bonds. The van der Waals surface area contributed by atoms with Crippen molar-refractivity contribution in [3.05, 3.63) is 11.7 Å². The number of likely N-dealkylation sites (tertiary alicyclic amines) is 1. The summed E-state index contributed by atoms with van der Waals surface area (Å²) in [6, 6.07) is 0.0245. The SMILES string of the molecule is CCOCC(=O)N[C@@H]1C[C@H]2CN(C(=O)C(C)C)C[C@@]2(c2nc(C)no2)C1. The lowest BCUT2D eigenvalue weighted by molar-refractivity contribution is -0.134. The molecule has 0 radical (unpaired) electrons. The Morgan fingerprint density at radius 2 is 2.23 bits per heavy atom. The summed E-state index contributed by atoms with van der Waals surface area (Å²) in [6.07, 6.45) is 1.49. The maximum atomic E-state index is 12.5. The summed E-state index contributed by atoms with van der Waals surface area (Å²) < 4.78 is 10.7. The molecule has 144 valence electrons. The maximum absolute atomic E-state index is 12.5. The third kappa shape index (κ3) is 3.47. The normalized spacial score (nSPS) is 27.8. The van der Waals surface area contributed by atoms with Gasteiger partial charge in [-0.15, -0.1) is 0 Å². The van der Waals surface area contributed by atoms with Crippen molar-refractivity contribution in [3.63, 3.8) is 0 Å². The number of rotatable bonds is 6. The number of hydrogen-bond donors (Lipinski definition) is 1. The highest BCUT2D eigenvalue weighted by molar-refractivity contribution is 5.79. The minimum absolute atomic E-state index is 0.0245. The van der Waals surface area contributed by atoms with E-state index in [2.05, 4.69) is 15.5 Å². The Morgan fingerprint density at radius 1 is 1.46 bits per heavy atom. The van der Waals surface area contributed by atoms with Gasteiger partial charge in [-0.2, -0.15) is 4.98 Å². The number of hydrogen-bond acceptors (Lipinski definition) is 6. The predicted octanol–water partition coefficient (Wildman–Crippen LogP) is 1.05. The number of amides is 2. The molecule has 8 nitrogen and oxygen atoms in total. The molecule has 3 rings (SSSR count). The van der Waals surface area contributed by atoms with Gasteiger partial charge in [-0.25, -0.2) is 0 Å². The summed E-state index contributed by atoms with van der Waals surface area (Å²) in [5, 5.41) is 7.00. The van der Waals surface area contributed by atoms with E-state index in [4.69, 9.17) is 9.26 Å². The molecule has 8 heteroatoms. The first-order chi connectivity index (χ1) is 12.4. The van der Waals surface area contributed by atoms with E-state index in [0.717, 1.165) is 6.42 Å². The van der Waals surface area contributed by atoms with Crippen molar-refractivity contribution < 1.29 is 18.8 Å². The minimum Gasteiger partial charge on any atom is -0.372 e. The number of carbonyl (C=O) groups is 2. The molecular formula is C18H28N4O4. The van der Waals surface area contributed by atoms with Gasteiger partial charge in [0.25, 0.3) is 0 Å². The largest absolute Gasteiger partial charge is 0.372 e. The summed E-state index contributed by atoms with van der Waals surface area (Å²) >= 11 is 0. The van der Waals surface area contributed by atoms with Crippen LogP contribution in [0, 0.1) is 18.8 Å². The van der Waals surface area contributed by atoms with E-state index in [0.29, 0.717) is 37.8 Å². The number of ether oxygens (including phenoxy) is 1. The zero-order valence-electron chi connectivity index (χ0n) is 15.9. The molecule has 2 heterocycles. The molecule has 1 aliphatic heterocycles. The fourth-order valence-electron chi connectivity index (χ4n) is 4.31. The monoisotopic (exact) mass is 364 g/mol. The molecule has 0 unspecified atom stereocenters. The second-order valence-electron chi connectivity index (χ2n) is 7.71. The van der Waals surface area contributed by atoms with E-state index < -0.39 is 0 Å². The third-order valence-corrected chi connectivity index (χ3v) is 5.44. The van der Waals surface area contributed by atoms with E-state index in [-0.39, 0.29) is 41.7 Å². The number of nitrogens with zero attached hydrogens (tertiary/aromatic N) is 3.